The number of unbranched alkanes of at least 4 members (excludes halogenated alkanes) is 1. The molecule has 4 amide bonds. The second-order valence-electron chi connectivity index (χ2n) is 8.32. The minimum absolute atomic E-state index is 0.348. The molecule has 2 N–H and O–H groups in total. The largest absolute Gasteiger partial charge is 0.457 e. The maximum atomic E-state index is 13.5. The van der Waals surface area contributed by atoms with Gasteiger partial charge in [-0.2, -0.15) is 0 Å². The van der Waals surface area contributed by atoms with Crippen molar-refractivity contribution >= 4 is 23.5 Å². The van der Waals surface area contributed by atoms with Gasteiger partial charge < -0.3 is 15.4 Å². The van der Waals surface area contributed by atoms with Crippen LogP contribution in [0.2, 0.25) is 0 Å². The van der Waals surface area contributed by atoms with E-state index in [4.69, 9.17) is 4.74 Å². The molecule has 0 spiro atoms. The summed E-state index contributed by atoms with van der Waals surface area (Å²) in [5.74, 6) is -0.189. The van der Waals surface area contributed by atoms with Gasteiger partial charge in [-0.15, -0.1) is 0 Å². The predicted octanol–water partition coefficient (Wildman–Crippen LogP) is 5.19. The Morgan fingerprint density at radius 2 is 1.63 bits per heavy atom. The Balaban J connectivity index is 1.43. The quantitative estimate of drug-likeness (QED) is 0.417. The molecule has 0 bridgehead atoms. The zero-order valence-corrected chi connectivity index (χ0v) is 19.3. The summed E-state index contributed by atoms with van der Waals surface area (Å²) >= 11 is 0. The van der Waals surface area contributed by atoms with Gasteiger partial charge >= 0.3 is 6.03 Å². The van der Waals surface area contributed by atoms with Crippen molar-refractivity contribution in [3.63, 3.8) is 0 Å². The molecule has 4 rings (SSSR count). The highest BCUT2D eigenvalue weighted by atomic mass is 19.1. The second-order valence-corrected chi connectivity index (χ2v) is 8.32. The summed E-state index contributed by atoms with van der Waals surface area (Å²) in [5, 5.41) is 5.46. The van der Waals surface area contributed by atoms with Gasteiger partial charge in [-0.1, -0.05) is 50.1 Å². The number of para-hydroxylation sites is 1. The van der Waals surface area contributed by atoms with Crippen LogP contribution in [0.5, 0.6) is 11.5 Å². The van der Waals surface area contributed by atoms with Crippen molar-refractivity contribution in [3.8, 4) is 11.5 Å². The average molecular weight is 476 g/mol. The van der Waals surface area contributed by atoms with Crippen molar-refractivity contribution in [1.29, 1.82) is 0 Å². The Kier molecular flexibility index (Phi) is 7.10. The van der Waals surface area contributed by atoms with Crippen LogP contribution in [0.15, 0.2) is 78.9 Å². The van der Waals surface area contributed by atoms with Crippen LogP contribution in [0.1, 0.15) is 31.7 Å². The van der Waals surface area contributed by atoms with E-state index in [-0.39, 0.29) is 0 Å². The van der Waals surface area contributed by atoms with Crippen LogP contribution < -0.4 is 15.4 Å². The number of halogens is 1. The van der Waals surface area contributed by atoms with Crippen molar-refractivity contribution in [2.45, 2.75) is 31.7 Å². The van der Waals surface area contributed by atoms with Gasteiger partial charge in [0.05, 0.1) is 0 Å². The minimum Gasteiger partial charge on any atom is -0.457 e. The molecule has 1 aliphatic rings. The number of imide groups is 1. The van der Waals surface area contributed by atoms with E-state index in [1.54, 1.807) is 24.3 Å². The number of hydrogen-bond acceptors (Lipinski definition) is 4. The lowest BCUT2D eigenvalue weighted by atomic mass is 9.85. The maximum Gasteiger partial charge on any atom is 0.325 e. The number of nitrogens with zero attached hydrogens (tertiary/aromatic N) is 1. The van der Waals surface area contributed by atoms with Gasteiger partial charge in [-0.05, 0) is 60.5 Å². The molecule has 35 heavy (non-hydrogen) atoms. The van der Waals surface area contributed by atoms with Crippen molar-refractivity contribution in [3.05, 3.63) is 90.2 Å². The zero-order valence-electron chi connectivity index (χ0n) is 19.3. The van der Waals surface area contributed by atoms with Gasteiger partial charge in [0.15, 0.2) is 0 Å². The highest BCUT2D eigenvalue weighted by Crippen LogP contribution is 2.34. The van der Waals surface area contributed by atoms with Gasteiger partial charge in [0.2, 0.25) is 5.91 Å². The molecular weight excluding hydrogens is 449 g/mol. The highest BCUT2D eigenvalue weighted by Gasteiger charge is 2.52. The molecule has 0 saturated carbocycles. The van der Waals surface area contributed by atoms with Gasteiger partial charge in [-0.3, -0.25) is 14.5 Å². The summed E-state index contributed by atoms with van der Waals surface area (Å²) in [6.07, 6.45) is 1.82. The van der Waals surface area contributed by atoms with Crippen LogP contribution in [-0.2, 0) is 15.1 Å². The molecule has 1 fully saturated rings. The van der Waals surface area contributed by atoms with Crippen molar-refractivity contribution in [1.82, 2.24) is 10.2 Å². The van der Waals surface area contributed by atoms with Gasteiger partial charge in [-0.25, -0.2) is 9.18 Å². The van der Waals surface area contributed by atoms with E-state index in [9.17, 15) is 18.8 Å². The summed E-state index contributed by atoms with van der Waals surface area (Å²) in [6.45, 7) is 1.53. The van der Waals surface area contributed by atoms with E-state index in [2.05, 4.69) is 10.6 Å². The minimum atomic E-state index is -1.32. The van der Waals surface area contributed by atoms with E-state index in [0.717, 1.165) is 11.3 Å². The number of carbonyl (C=O) groups excluding carboxylic acids is 3. The third kappa shape index (κ3) is 5.32. The Morgan fingerprint density at radius 3 is 2.29 bits per heavy atom. The predicted molar refractivity (Wildman–Crippen MR) is 129 cm³/mol. The zero-order chi connectivity index (χ0) is 24.8. The molecule has 0 radical (unpaired) electrons. The van der Waals surface area contributed by atoms with Crippen LogP contribution in [0.3, 0.4) is 0 Å². The van der Waals surface area contributed by atoms with Crippen LogP contribution in [0.25, 0.3) is 0 Å². The SMILES string of the molecule is CCCCC1(c2ccc(F)cc2)NC(=O)N(CC(=O)Nc2ccc(Oc3ccccc3)cc2)C1=O. The molecule has 8 heteroatoms. The summed E-state index contributed by atoms with van der Waals surface area (Å²) in [5.41, 5.74) is -0.335. The number of nitrogens with one attached hydrogen (secondary N) is 2. The number of carbonyl (C=O) groups is 3. The first kappa shape index (κ1) is 23.9. The Bertz CT molecular complexity index is 1200. The van der Waals surface area contributed by atoms with Crippen LogP contribution >= 0.6 is 0 Å². The van der Waals surface area contributed by atoms with Crippen molar-refractivity contribution < 1.29 is 23.5 Å². The third-order valence-electron chi connectivity index (χ3n) is 5.84. The first-order chi connectivity index (χ1) is 16.9. The molecule has 1 saturated heterocycles. The fourth-order valence-electron chi connectivity index (χ4n) is 4.03. The number of anilines is 1. The van der Waals surface area contributed by atoms with Gasteiger partial charge in [0.25, 0.3) is 5.91 Å². The fraction of sp³-hybridized carbons (Fsp3) is 0.222. The molecule has 3 aromatic carbocycles. The van der Waals surface area contributed by atoms with Gasteiger partial charge in [0, 0.05) is 5.69 Å². The van der Waals surface area contributed by atoms with E-state index in [0.29, 0.717) is 35.6 Å². The number of amides is 4. The molecular formula is C27H26FN3O4. The van der Waals surface area contributed by atoms with Gasteiger partial charge in [0.1, 0.15) is 29.4 Å². The molecule has 1 atom stereocenters. The Hall–Kier alpha value is -4.20. The standard InChI is InChI=1S/C27H26FN3O4/c1-2-3-17-27(19-9-11-20(28)12-10-19)25(33)31(26(34)30-27)18-24(32)29-21-13-15-23(16-14-21)35-22-7-5-4-6-8-22/h4-16H,2-3,17-18H2,1H3,(H,29,32)(H,30,34). The Labute approximate surface area is 202 Å². The Morgan fingerprint density at radius 1 is 0.971 bits per heavy atom. The second kappa shape index (κ2) is 10.4. The lowest BCUT2D eigenvalue weighted by Gasteiger charge is -2.27. The van der Waals surface area contributed by atoms with Crippen LogP contribution in [0, 0.1) is 5.82 Å². The molecule has 7 nitrogen and oxygen atoms in total. The molecule has 1 unspecified atom stereocenters. The summed E-state index contributed by atoms with van der Waals surface area (Å²) in [6, 6.07) is 20.9. The summed E-state index contributed by atoms with van der Waals surface area (Å²) < 4.78 is 19.2. The fourth-order valence-corrected chi connectivity index (χ4v) is 4.03. The molecule has 180 valence electrons. The number of benzene rings is 3. The smallest absolute Gasteiger partial charge is 0.325 e. The normalized spacial score (nSPS) is 17.3. The average Bonchev–Trinajstić information content (AvgIpc) is 3.10. The van der Waals surface area contributed by atoms with E-state index < -0.39 is 35.7 Å². The topological polar surface area (TPSA) is 87.7 Å². The molecule has 1 aliphatic heterocycles. The highest BCUT2D eigenvalue weighted by molar-refractivity contribution is 6.10. The van der Waals surface area contributed by atoms with Crippen molar-refractivity contribution in [2.24, 2.45) is 0 Å². The first-order valence-corrected chi connectivity index (χ1v) is 11.4. The number of rotatable bonds is 9. The van der Waals surface area contributed by atoms with Crippen LogP contribution in [0.4, 0.5) is 14.9 Å². The maximum absolute atomic E-state index is 13.5. The lowest BCUT2D eigenvalue weighted by molar-refractivity contribution is -0.134. The van der Waals surface area contributed by atoms with Crippen LogP contribution in [-0.4, -0.2) is 29.3 Å². The lowest BCUT2D eigenvalue weighted by Crippen LogP contribution is -2.44. The molecule has 1 heterocycles. The molecule has 0 aliphatic carbocycles. The third-order valence-corrected chi connectivity index (χ3v) is 5.84. The molecule has 0 aromatic heterocycles. The summed E-state index contributed by atoms with van der Waals surface area (Å²) in [4.78, 5) is 39.7. The van der Waals surface area contributed by atoms with E-state index in [1.807, 2.05) is 37.3 Å². The molecule has 3 aromatic rings. The monoisotopic (exact) mass is 475 g/mol. The number of ether oxygens (including phenoxy) is 1. The van der Waals surface area contributed by atoms with E-state index in [1.165, 1.54) is 24.3 Å². The van der Waals surface area contributed by atoms with Crippen molar-refractivity contribution in [2.75, 3.05) is 11.9 Å². The summed E-state index contributed by atoms with van der Waals surface area (Å²) in [7, 11) is 0. The number of hydrogen-bond donors (Lipinski definition) is 2. The number of urea groups is 1. The van der Waals surface area contributed by atoms with E-state index >= 15 is 0 Å². The first-order valence-electron chi connectivity index (χ1n) is 11.4.